The molecule has 0 spiro atoms. The number of rotatable bonds is 9. The number of nitrogens with zero attached hydrogens (tertiary/aromatic N) is 1. The van der Waals surface area contributed by atoms with Gasteiger partial charge in [0.05, 0.1) is 0 Å². The second-order valence-corrected chi connectivity index (χ2v) is 6.77. The molecule has 0 aliphatic carbocycles. The third kappa shape index (κ3) is 5.90. The van der Waals surface area contributed by atoms with Crippen LogP contribution in [0.25, 0.3) is 0 Å². The van der Waals surface area contributed by atoms with Crippen molar-refractivity contribution in [1.29, 1.82) is 0 Å². The van der Waals surface area contributed by atoms with Crippen LogP contribution in [0.3, 0.4) is 0 Å². The summed E-state index contributed by atoms with van der Waals surface area (Å²) >= 11 is 1.60. The zero-order valence-electron chi connectivity index (χ0n) is 11.3. The lowest BCUT2D eigenvalue weighted by Gasteiger charge is -2.06. The van der Waals surface area contributed by atoms with Gasteiger partial charge in [0.25, 0.3) is 10.0 Å². The smallest absolute Gasteiger partial charge is 0.258 e. The molecule has 0 atom stereocenters. The number of aromatic nitrogens is 1. The molecule has 2 N–H and O–H groups in total. The van der Waals surface area contributed by atoms with Gasteiger partial charge in [0, 0.05) is 25.0 Å². The highest BCUT2D eigenvalue weighted by molar-refractivity contribution is 7.98. The minimum atomic E-state index is -3.47. The molecule has 0 aromatic carbocycles. The SMILES string of the molecule is CCCNCc1ccc(S(=O)(=O)NCCSC)nc1. The average Bonchev–Trinajstić information content (AvgIpc) is 2.40. The molecule has 0 amide bonds. The lowest BCUT2D eigenvalue weighted by Crippen LogP contribution is -2.26. The van der Waals surface area contributed by atoms with E-state index in [0.29, 0.717) is 13.1 Å². The topological polar surface area (TPSA) is 71.1 Å². The fourth-order valence-corrected chi connectivity index (χ4v) is 2.83. The minimum Gasteiger partial charge on any atom is -0.313 e. The van der Waals surface area contributed by atoms with Crippen molar-refractivity contribution >= 4 is 21.8 Å². The van der Waals surface area contributed by atoms with E-state index in [1.165, 1.54) is 0 Å². The van der Waals surface area contributed by atoms with Gasteiger partial charge in [-0.1, -0.05) is 13.0 Å². The molecular weight excluding hydrogens is 282 g/mol. The van der Waals surface area contributed by atoms with Crippen molar-refractivity contribution in [3.63, 3.8) is 0 Å². The Hall–Kier alpha value is -0.630. The molecular formula is C12H21N3O2S2. The largest absolute Gasteiger partial charge is 0.313 e. The van der Waals surface area contributed by atoms with E-state index < -0.39 is 10.0 Å². The van der Waals surface area contributed by atoms with Crippen molar-refractivity contribution in [1.82, 2.24) is 15.0 Å². The fourth-order valence-electron chi connectivity index (χ4n) is 1.44. The van der Waals surface area contributed by atoms with Crippen LogP contribution in [0.1, 0.15) is 18.9 Å². The third-order valence-corrected chi connectivity index (χ3v) is 4.42. The van der Waals surface area contributed by atoms with Crippen molar-refractivity contribution in [3.8, 4) is 0 Å². The number of sulfonamides is 1. The van der Waals surface area contributed by atoms with E-state index in [2.05, 4.69) is 21.9 Å². The highest BCUT2D eigenvalue weighted by Gasteiger charge is 2.14. The fraction of sp³-hybridized carbons (Fsp3) is 0.583. The van der Waals surface area contributed by atoms with Crippen LogP contribution in [0.2, 0.25) is 0 Å². The Morgan fingerprint density at radius 2 is 2.11 bits per heavy atom. The summed E-state index contributed by atoms with van der Waals surface area (Å²) in [6.07, 6.45) is 4.61. The first-order valence-corrected chi connectivity index (χ1v) is 9.12. The Morgan fingerprint density at radius 1 is 1.32 bits per heavy atom. The molecule has 0 bridgehead atoms. The highest BCUT2D eigenvalue weighted by Crippen LogP contribution is 2.06. The van der Waals surface area contributed by atoms with Crippen molar-refractivity contribution in [2.24, 2.45) is 0 Å². The second kappa shape index (κ2) is 8.52. The molecule has 0 fully saturated rings. The van der Waals surface area contributed by atoms with Crippen LogP contribution in [-0.2, 0) is 16.6 Å². The quantitative estimate of drug-likeness (QED) is 0.671. The van der Waals surface area contributed by atoms with Gasteiger partial charge in [-0.2, -0.15) is 11.8 Å². The van der Waals surface area contributed by atoms with E-state index in [1.54, 1.807) is 30.1 Å². The summed E-state index contributed by atoms with van der Waals surface area (Å²) in [7, 11) is -3.47. The van der Waals surface area contributed by atoms with E-state index in [4.69, 9.17) is 0 Å². The molecule has 0 aliphatic heterocycles. The van der Waals surface area contributed by atoms with Crippen LogP contribution < -0.4 is 10.0 Å². The Morgan fingerprint density at radius 3 is 2.68 bits per heavy atom. The number of hydrogen-bond acceptors (Lipinski definition) is 5. The average molecular weight is 303 g/mol. The predicted octanol–water partition coefficient (Wildman–Crippen LogP) is 1.22. The monoisotopic (exact) mass is 303 g/mol. The van der Waals surface area contributed by atoms with Gasteiger partial charge in [-0.05, 0) is 30.9 Å². The van der Waals surface area contributed by atoms with Crippen LogP contribution in [0.4, 0.5) is 0 Å². The summed E-state index contributed by atoms with van der Waals surface area (Å²) in [5.74, 6) is 0.748. The molecule has 0 radical (unpaired) electrons. The van der Waals surface area contributed by atoms with Gasteiger partial charge in [0.15, 0.2) is 5.03 Å². The molecule has 0 aliphatic rings. The Balaban J connectivity index is 2.59. The summed E-state index contributed by atoms with van der Waals surface area (Å²) < 4.78 is 26.3. The Bertz CT molecular complexity index is 460. The molecule has 19 heavy (non-hydrogen) atoms. The van der Waals surface area contributed by atoms with E-state index in [9.17, 15) is 8.42 Å². The number of nitrogens with one attached hydrogen (secondary N) is 2. The number of thioether (sulfide) groups is 1. The van der Waals surface area contributed by atoms with Gasteiger partial charge in [-0.15, -0.1) is 0 Å². The maximum Gasteiger partial charge on any atom is 0.258 e. The number of hydrogen-bond donors (Lipinski definition) is 2. The molecule has 5 nitrogen and oxygen atoms in total. The van der Waals surface area contributed by atoms with E-state index in [0.717, 1.165) is 24.3 Å². The van der Waals surface area contributed by atoms with Crippen LogP contribution in [0.15, 0.2) is 23.4 Å². The maximum absolute atomic E-state index is 11.9. The molecule has 0 saturated heterocycles. The first-order valence-electron chi connectivity index (χ1n) is 6.24. The lowest BCUT2D eigenvalue weighted by molar-refractivity contribution is 0.580. The van der Waals surface area contributed by atoms with Crippen molar-refractivity contribution in [3.05, 3.63) is 23.9 Å². The summed E-state index contributed by atoms with van der Waals surface area (Å²) in [4.78, 5) is 4.01. The van der Waals surface area contributed by atoms with E-state index in [-0.39, 0.29) is 5.03 Å². The van der Waals surface area contributed by atoms with Gasteiger partial charge in [-0.25, -0.2) is 18.1 Å². The normalized spacial score (nSPS) is 11.7. The summed E-state index contributed by atoms with van der Waals surface area (Å²) in [6.45, 7) is 4.17. The first-order chi connectivity index (χ1) is 9.10. The molecule has 1 aromatic heterocycles. The molecule has 7 heteroatoms. The first kappa shape index (κ1) is 16.4. The van der Waals surface area contributed by atoms with Crippen LogP contribution >= 0.6 is 11.8 Å². The Labute approximate surface area is 119 Å². The van der Waals surface area contributed by atoms with Crippen molar-refractivity contribution in [2.45, 2.75) is 24.9 Å². The van der Waals surface area contributed by atoms with Gasteiger partial charge >= 0.3 is 0 Å². The van der Waals surface area contributed by atoms with Gasteiger partial charge < -0.3 is 5.32 Å². The molecule has 1 aromatic rings. The summed E-state index contributed by atoms with van der Waals surface area (Å²) in [5, 5.41) is 3.32. The van der Waals surface area contributed by atoms with Crippen LogP contribution in [-0.4, -0.2) is 38.5 Å². The van der Waals surface area contributed by atoms with Crippen LogP contribution in [0, 0.1) is 0 Å². The molecule has 0 unspecified atom stereocenters. The van der Waals surface area contributed by atoms with Gasteiger partial charge in [-0.3, -0.25) is 0 Å². The zero-order chi connectivity index (χ0) is 14.1. The molecule has 0 saturated carbocycles. The Kier molecular flexibility index (Phi) is 7.37. The number of pyridine rings is 1. The zero-order valence-corrected chi connectivity index (χ0v) is 13.0. The van der Waals surface area contributed by atoms with E-state index in [1.807, 2.05) is 6.26 Å². The van der Waals surface area contributed by atoms with Crippen LogP contribution in [0.5, 0.6) is 0 Å². The summed E-state index contributed by atoms with van der Waals surface area (Å²) in [6, 6.07) is 3.34. The highest BCUT2D eigenvalue weighted by atomic mass is 32.2. The standard InChI is InChI=1S/C12H21N3O2S2/c1-3-6-13-9-11-4-5-12(14-10-11)19(16,17)15-7-8-18-2/h4-5,10,13,15H,3,6-9H2,1-2H3. The predicted molar refractivity (Wildman–Crippen MR) is 79.8 cm³/mol. The van der Waals surface area contributed by atoms with Crippen molar-refractivity contribution < 1.29 is 8.42 Å². The second-order valence-electron chi connectivity index (χ2n) is 4.07. The molecule has 1 rings (SSSR count). The third-order valence-electron chi connectivity index (χ3n) is 2.43. The van der Waals surface area contributed by atoms with E-state index >= 15 is 0 Å². The van der Waals surface area contributed by atoms with Crippen molar-refractivity contribution in [2.75, 3.05) is 25.1 Å². The maximum atomic E-state index is 11.9. The molecule has 1 heterocycles. The summed E-state index contributed by atoms with van der Waals surface area (Å²) in [5.41, 5.74) is 0.983. The minimum absolute atomic E-state index is 0.0767. The van der Waals surface area contributed by atoms with Gasteiger partial charge in [0.2, 0.25) is 0 Å². The molecule has 108 valence electrons. The van der Waals surface area contributed by atoms with Gasteiger partial charge in [0.1, 0.15) is 0 Å². The lowest BCUT2D eigenvalue weighted by atomic mass is 10.3.